The van der Waals surface area contributed by atoms with E-state index in [-0.39, 0.29) is 5.54 Å². The van der Waals surface area contributed by atoms with Crippen molar-refractivity contribution in [2.24, 2.45) is 0 Å². The first-order valence-corrected chi connectivity index (χ1v) is 6.03. The molecule has 0 heterocycles. The van der Waals surface area contributed by atoms with Crippen LogP contribution in [0.3, 0.4) is 0 Å². The molecule has 1 N–H and O–H groups in total. The average molecular weight is 221 g/mol. The average Bonchev–Trinajstić information content (AvgIpc) is 2.25. The highest BCUT2D eigenvalue weighted by molar-refractivity contribution is 5.46. The molecule has 0 unspecified atom stereocenters. The van der Waals surface area contributed by atoms with Crippen LogP contribution in [0, 0.1) is 0 Å². The molecule has 1 aromatic rings. The molecule has 0 saturated heterocycles. The van der Waals surface area contributed by atoms with Crippen LogP contribution in [0.2, 0.25) is 0 Å². The molecule has 0 atom stereocenters. The highest BCUT2D eigenvalue weighted by Crippen LogP contribution is 2.22. The molecule has 0 amide bonds. The van der Waals surface area contributed by atoms with E-state index in [2.05, 4.69) is 19.1 Å². The highest BCUT2D eigenvalue weighted by Gasteiger charge is 2.19. The lowest BCUT2D eigenvalue weighted by molar-refractivity contribution is 0.181. The second-order valence-corrected chi connectivity index (χ2v) is 5.25. The Hall–Kier alpha value is -1.02. The minimum Gasteiger partial charge on any atom is -0.288 e. The largest absolute Gasteiger partial charge is 0.288 e. The van der Waals surface area contributed by atoms with Crippen LogP contribution >= 0.6 is 0 Å². The molecule has 0 bridgehead atoms. The van der Waals surface area contributed by atoms with Crippen LogP contribution in [-0.4, -0.2) is 10.7 Å². The van der Waals surface area contributed by atoms with Crippen LogP contribution < -0.4 is 5.06 Å². The Morgan fingerprint density at radius 3 is 2.12 bits per heavy atom. The third kappa shape index (κ3) is 3.53. The predicted octanol–water partition coefficient (Wildman–Crippen LogP) is 4.02. The minimum absolute atomic E-state index is 0.259. The van der Waals surface area contributed by atoms with Gasteiger partial charge in [0.1, 0.15) is 0 Å². The maximum Gasteiger partial charge on any atom is 0.0640 e. The second-order valence-electron chi connectivity index (χ2n) is 5.25. The van der Waals surface area contributed by atoms with Crippen LogP contribution in [-0.2, 0) is 6.42 Å². The van der Waals surface area contributed by atoms with E-state index in [0.717, 1.165) is 12.1 Å². The lowest BCUT2D eigenvalue weighted by atomic mass is 10.1. The van der Waals surface area contributed by atoms with Gasteiger partial charge in [0, 0.05) is 0 Å². The summed E-state index contributed by atoms with van der Waals surface area (Å²) in [6, 6.07) is 8.16. The maximum atomic E-state index is 9.96. The second kappa shape index (κ2) is 5.35. The zero-order valence-corrected chi connectivity index (χ0v) is 10.8. The molecule has 0 saturated carbocycles. The van der Waals surface area contributed by atoms with E-state index < -0.39 is 0 Å². The van der Waals surface area contributed by atoms with Crippen LogP contribution in [0.1, 0.15) is 46.1 Å². The Kier molecular flexibility index (Phi) is 4.36. The van der Waals surface area contributed by atoms with Gasteiger partial charge in [0.15, 0.2) is 0 Å². The van der Waals surface area contributed by atoms with Gasteiger partial charge in [-0.05, 0) is 51.3 Å². The molecule has 1 aromatic carbocycles. The first kappa shape index (κ1) is 13.0. The van der Waals surface area contributed by atoms with Gasteiger partial charge in [-0.25, -0.2) is 0 Å². The highest BCUT2D eigenvalue weighted by atomic mass is 16.5. The van der Waals surface area contributed by atoms with E-state index in [1.165, 1.54) is 23.5 Å². The van der Waals surface area contributed by atoms with Gasteiger partial charge in [-0.3, -0.25) is 10.3 Å². The number of rotatable bonds is 4. The number of unbranched alkanes of at least 4 members (excludes halogenated alkanes) is 1. The number of anilines is 1. The van der Waals surface area contributed by atoms with Crippen LogP contribution in [0.4, 0.5) is 5.69 Å². The number of hydrogen-bond acceptors (Lipinski definition) is 2. The van der Waals surface area contributed by atoms with Crippen molar-refractivity contribution in [3.63, 3.8) is 0 Å². The summed E-state index contributed by atoms with van der Waals surface area (Å²) < 4.78 is 0. The smallest absolute Gasteiger partial charge is 0.0640 e. The third-order valence-electron chi connectivity index (χ3n) is 2.64. The standard InChI is InChI=1S/C14H23NO/c1-5-6-7-12-8-10-13(11-9-12)15(16)14(2,3)4/h8-11,16H,5-7H2,1-4H3. The van der Waals surface area contributed by atoms with Gasteiger partial charge in [0.2, 0.25) is 0 Å². The van der Waals surface area contributed by atoms with Gasteiger partial charge in [-0.1, -0.05) is 25.5 Å². The van der Waals surface area contributed by atoms with Crippen molar-refractivity contribution in [1.29, 1.82) is 0 Å². The Morgan fingerprint density at radius 2 is 1.69 bits per heavy atom. The molecule has 16 heavy (non-hydrogen) atoms. The lowest BCUT2D eigenvalue weighted by Crippen LogP contribution is -2.38. The van der Waals surface area contributed by atoms with Gasteiger partial charge < -0.3 is 0 Å². The quantitative estimate of drug-likeness (QED) is 0.776. The van der Waals surface area contributed by atoms with Gasteiger partial charge in [-0.2, -0.15) is 0 Å². The number of aryl methyl sites for hydroxylation is 1. The van der Waals surface area contributed by atoms with E-state index in [1.807, 2.05) is 32.9 Å². The number of benzene rings is 1. The van der Waals surface area contributed by atoms with Crippen LogP contribution in [0.25, 0.3) is 0 Å². The van der Waals surface area contributed by atoms with Gasteiger partial charge in [-0.15, -0.1) is 0 Å². The van der Waals surface area contributed by atoms with E-state index in [0.29, 0.717) is 0 Å². The monoisotopic (exact) mass is 221 g/mol. The zero-order chi connectivity index (χ0) is 12.2. The zero-order valence-electron chi connectivity index (χ0n) is 10.8. The summed E-state index contributed by atoms with van der Waals surface area (Å²) in [6.07, 6.45) is 3.56. The molecule has 90 valence electrons. The SMILES string of the molecule is CCCCc1ccc(N(O)C(C)(C)C)cc1. The predicted molar refractivity (Wildman–Crippen MR) is 69.1 cm³/mol. The fourth-order valence-corrected chi connectivity index (χ4v) is 1.57. The molecule has 2 heteroatoms. The number of nitrogens with zero attached hydrogens (tertiary/aromatic N) is 1. The van der Waals surface area contributed by atoms with E-state index >= 15 is 0 Å². The molecule has 0 radical (unpaired) electrons. The molecule has 0 aliphatic heterocycles. The number of hydrogen-bond donors (Lipinski definition) is 1. The van der Waals surface area contributed by atoms with Crippen molar-refractivity contribution in [3.8, 4) is 0 Å². The van der Waals surface area contributed by atoms with Crippen LogP contribution in [0.15, 0.2) is 24.3 Å². The summed E-state index contributed by atoms with van der Waals surface area (Å²) in [6.45, 7) is 8.15. The molecular weight excluding hydrogens is 198 g/mol. The molecular formula is C14H23NO. The Morgan fingerprint density at radius 1 is 1.12 bits per heavy atom. The summed E-state index contributed by atoms with van der Waals surface area (Å²) in [7, 11) is 0. The molecule has 2 nitrogen and oxygen atoms in total. The van der Waals surface area contributed by atoms with Gasteiger partial charge in [0.25, 0.3) is 0 Å². The van der Waals surface area contributed by atoms with Crippen molar-refractivity contribution >= 4 is 5.69 Å². The van der Waals surface area contributed by atoms with Crippen molar-refractivity contribution < 1.29 is 5.21 Å². The fraction of sp³-hybridized carbons (Fsp3) is 0.571. The fourth-order valence-electron chi connectivity index (χ4n) is 1.57. The van der Waals surface area contributed by atoms with Crippen molar-refractivity contribution in [2.75, 3.05) is 5.06 Å². The summed E-state index contributed by atoms with van der Waals surface area (Å²) in [5, 5.41) is 11.3. The summed E-state index contributed by atoms with van der Waals surface area (Å²) in [4.78, 5) is 0. The summed E-state index contributed by atoms with van der Waals surface area (Å²) >= 11 is 0. The van der Waals surface area contributed by atoms with Crippen LogP contribution in [0.5, 0.6) is 0 Å². The third-order valence-corrected chi connectivity index (χ3v) is 2.64. The van der Waals surface area contributed by atoms with Gasteiger partial charge >= 0.3 is 0 Å². The van der Waals surface area contributed by atoms with Crippen molar-refractivity contribution in [3.05, 3.63) is 29.8 Å². The molecule has 0 aliphatic carbocycles. The van der Waals surface area contributed by atoms with Gasteiger partial charge in [0.05, 0.1) is 11.2 Å². The first-order chi connectivity index (χ1) is 7.45. The van der Waals surface area contributed by atoms with Crippen molar-refractivity contribution in [2.45, 2.75) is 52.5 Å². The molecule has 0 aliphatic rings. The van der Waals surface area contributed by atoms with Crippen molar-refractivity contribution in [1.82, 2.24) is 0 Å². The summed E-state index contributed by atoms with van der Waals surface area (Å²) in [5.74, 6) is 0. The molecule has 0 fully saturated rings. The summed E-state index contributed by atoms with van der Waals surface area (Å²) in [5.41, 5.74) is 1.94. The molecule has 0 spiro atoms. The minimum atomic E-state index is -0.259. The molecule has 1 rings (SSSR count). The lowest BCUT2D eigenvalue weighted by Gasteiger charge is -2.31. The first-order valence-electron chi connectivity index (χ1n) is 6.03. The maximum absolute atomic E-state index is 9.96. The Balaban J connectivity index is 2.71. The topological polar surface area (TPSA) is 23.5 Å². The van der Waals surface area contributed by atoms with E-state index in [1.54, 1.807) is 0 Å². The Labute approximate surface area is 98.9 Å². The van der Waals surface area contributed by atoms with E-state index in [4.69, 9.17) is 0 Å². The molecule has 0 aromatic heterocycles. The Bertz CT molecular complexity index is 311. The van der Waals surface area contributed by atoms with E-state index in [9.17, 15) is 5.21 Å². The number of hydroxylamine groups is 1. The normalized spacial score (nSPS) is 11.6.